The third-order valence-corrected chi connectivity index (χ3v) is 2.30. The van der Waals surface area contributed by atoms with Gasteiger partial charge in [0.15, 0.2) is 0 Å². The first kappa shape index (κ1) is 12.7. The number of aliphatic hydroxyl groups excluding tert-OH is 1. The number of nitrogen functional groups attached to an aromatic ring is 1. The van der Waals surface area contributed by atoms with Crippen LogP contribution in [0.25, 0.3) is 0 Å². The Kier molecular flexibility index (Phi) is 4.45. The van der Waals surface area contributed by atoms with E-state index in [1.807, 2.05) is 13.8 Å². The highest BCUT2D eigenvalue weighted by Crippen LogP contribution is 2.18. The van der Waals surface area contributed by atoms with Crippen molar-refractivity contribution in [3.63, 3.8) is 0 Å². The van der Waals surface area contributed by atoms with Crippen LogP contribution < -0.4 is 16.6 Å². The molecule has 6 heteroatoms. The van der Waals surface area contributed by atoms with Crippen LogP contribution in [0.2, 0.25) is 0 Å². The average Bonchev–Trinajstić information content (AvgIpc) is 2.20. The molecule has 0 aliphatic carbocycles. The molecular formula is C10H19N5O. The van der Waals surface area contributed by atoms with Crippen molar-refractivity contribution >= 4 is 11.6 Å². The molecule has 0 saturated heterocycles. The van der Waals surface area contributed by atoms with E-state index in [0.29, 0.717) is 12.2 Å². The minimum Gasteiger partial charge on any atom is -0.393 e. The first-order chi connectivity index (χ1) is 7.54. The van der Waals surface area contributed by atoms with Crippen LogP contribution in [0.5, 0.6) is 0 Å². The van der Waals surface area contributed by atoms with Crippen LogP contribution >= 0.6 is 0 Å². The van der Waals surface area contributed by atoms with Crippen molar-refractivity contribution in [1.82, 2.24) is 9.97 Å². The maximum Gasteiger partial charge on any atom is 0.148 e. The molecule has 1 aromatic heterocycles. The zero-order chi connectivity index (χ0) is 12.1. The lowest BCUT2D eigenvalue weighted by Gasteiger charge is -2.18. The Morgan fingerprint density at radius 3 is 2.56 bits per heavy atom. The van der Waals surface area contributed by atoms with E-state index < -0.39 is 0 Å². The Labute approximate surface area is 95.3 Å². The van der Waals surface area contributed by atoms with Crippen molar-refractivity contribution in [3.05, 3.63) is 11.9 Å². The van der Waals surface area contributed by atoms with E-state index in [1.54, 1.807) is 6.92 Å². The predicted octanol–water partition coefficient (Wildman–Crippen LogP) is 0.642. The summed E-state index contributed by atoms with van der Waals surface area (Å²) < 4.78 is 0. The van der Waals surface area contributed by atoms with Gasteiger partial charge in [-0.05, 0) is 27.2 Å². The maximum atomic E-state index is 9.27. The molecule has 90 valence electrons. The first-order valence-electron chi connectivity index (χ1n) is 5.27. The van der Waals surface area contributed by atoms with Crippen LogP contribution in [0.4, 0.5) is 11.6 Å². The highest BCUT2D eigenvalue weighted by atomic mass is 16.3. The van der Waals surface area contributed by atoms with Crippen LogP contribution in [0, 0.1) is 6.92 Å². The van der Waals surface area contributed by atoms with Crippen LogP contribution in [-0.2, 0) is 0 Å². The van der Waals surface area contributed by atoms with Crippen molar-refractivity contribution in [3.8, 4) is 0 Å². The summed E-state index contributed by atoms with van der Waals surface area (Å²) in [5.41, 5.74) is 3.37. The molecule has 0 amide bonds. The Morgan fingerprint density at radius 1 is 1.38 bits per heavy atom. The van der Waals surface area contributed by atoms with Crippen LogP contribution in [0.1, 0.15) is 25.8 Å². The van der Waals surface area contributed by atoms with Gasteiger partial charge in [-0.25, -0.2) is 15.8 Å². The van der Waals surface area contributed by atoms with Crippen molar-refractivity contribution < 1.29 is 5.11 Å². The summed E-state index contributed by atoms with van der Waals surface area (Å²) in [7, 11) is 0. The number of hydrogen-bond donors (Lipinski definition) is 4. The molecule has 5 N–H and O–H groups in total. The Morgan fingerprint density at radius 2 is 2.00 bits per heavy atom. The van der Waals surface area contributed by atoms with Gasteiger partial charge in [0.1, 0.15) is 18.0 Å². The minimum atomic E-state index is -0.336. The fourth-order valence-corrected chi connectivity index (χ4v) is 1.55. The van der Waals surface area contributed by atoms with Crippen molar-refractivity contribution in [1.29, 1.82) is 0 Å². The SMILES string of the molecule is Cc1c(NN)ncnc1NC(C)CC(C)O. The molecule has 0 radical (unpaired) electrons. The van der Waals surface area contributed by atoms with E-state index in [4.69, 9.17) is 5.84 Å². The predicted molar refractivity (Wildman–Crippen MR) is 64.0 cm³/mol. The molecule has 6 nitrogen and oxygen atoms in total. The Balaban J connectivity index is 2.73. The summed E-state index contributed by atoms with van der Waals surface area (Å²) in [6.07, 6.45) is 1.77. The second kappa shape index (κ2) is 5.62. The van der Waals surface area contributed by atoms with E-state index in [1.165, 1.54) is 6.33 Å². The summed E-state index contributed by atoms with van der Waals surface area (Å²) in [6, 6.07) is 0.138. The Bertz CT molecular complexity index is 342. The first-order valence-corrected chi connectivity index (χ1v) is 5.27. The molecule has 0 bridgehead atoms. The van der Waals surface area contributed by atoms with Gasteiger partial charge in [0.25, 0.3) is 0 Å². The lowest BCUT2D eigenvalue weighted by molar-refractivity contribution is 0.179. The van der Waals surface area contributed by atoms with Crippen molar-refractivity contribution in [2.75, 3.05) is 10.7 Å². The highest BCUT2D eigenvalue weighted by Gasteiger charge is 2.10. The monoisotopic (exact) mass is 225 g/mol. The zero-order valence-corrected chi connectivity index (χ0v) is 9.86. The molecule has 0 aliphatic heterocycles. The third kappa shape index (κ3) is 3.32. The van der Waals surface area contributed by atoms with Crippen LogP contribution in [-0.4, -0.2) is 27.2 Å². The molecule has 0 spiro atoms. The van der Waals surface area contributed by atoms with Crippen LogP contribution in [0.15, 0.2) is 6.33 Å². The number of aromatic nitrogens is 2. The van der Waals surface area contributed by atoms with Gasteiger partial charge in [0.2, 0.25) is 0 Å². The quantitative estimate of drug-likeness (QED) is 0.434. The minimum absolute atomic E-state index is 0.138. The van der Waals surface area contributed by atoms with Gasteiger partial charge >= 0.3 is 0 Å². The van der Waals surface area contributed by atoms with Gasteiger partial charge < -0.3 is 15.8 Å². The number of nitrogens with two attached hydrogens (primary N) is 1. The van der Waals surface area contributed by atoms with Gasteiger partial charge in [-0.1, -0.05) is 0 Å². The number of nitrogens with zero attached hydrogens (tertiary/aromatic N) is 2. The largest absolute Gasteiger partial charge is 0.393 e. The lowest BCUT2D eigenvalue weighted by atomic mass is 10.1. The van der Waals surface area contributed by atoms with E-state index in [0.717, 1.165) is 11.4 Å². The normalized spacial score (nSPS) is 14.3. The van der Waals surface area contributed by atoms with Gasteiger partial charge in [-0.2, -0.15) is 0 Å². The molecule has 1 heterocycles. The molecule has 16 heavy (non-hydrogen) atoms. The van der Waals surface area contributed by atoms with Crippen molar-refractivity contribution in [2.24, 2.45) is 5.84 Å². The lowest BCUT2D eigenvalue weighted by Crippen LogP contribution is -2.22. The van der Waals surface area contributed by atoms with Gasteiger partial charge in [-0.15, -0.1) is 0 Å². The number of hydrogen-bond acceptors (Lipinski definition) is 6. The Hall–Kier alpha value is -1.40. The second-order valence-corrected chi connectivity index (χ2v) is 3.97. The van der Waals surface area contributed by atoms with Crippen LogP contribution in [0.3, 0.4) is 0 Å². The average molecular weight is 225 g/mol. The second-order valence-electron chi connectivity index (χ2n) is 3.97. The summed E-state index contributed by atoms with van der Waals surface area (Å²) in [6.45, 7) is 5.63. The highest BCUT2D eigenvalue weighted by molar-refractivity contribution is 5.56. The van der Waals surface area contributed by atoms with Crippen molar-refractivity contribution in [2.45, 2.75) is 39.3 Å². The van der Waals surface area contributed by atoms with Gasteiger partial charge in [0.05, 0.1) is 6.10 Å². The summed E-state index contributed by atoms with van der Waals surface area (Å²) in [5.74, 6) is 6.65. The van der Waals surface area contributed by atoms with E-state index in [2.05, 4.69) is 20.7 Å². The number of rotatable bonds is 5. The zero-order valence-electron chi connectivity index (χ0n) is 9.86. The fraction of sp³-hybridized carbons (Fsp3) is 0.600. The smallest absolute Gasteiger partial charge is 0.148 e. The number of nitrogens with one attached hydrogen (secondary N) is 2. The molecular weight excluding hydrogens is 206 g/mol. The number of hydrazine groups is 1. The van der Waals surface area contributed by atoms with E-state index in [-0.39, 0.29) is 12.1 Å². The third-order valence-electron chi connectivity index (χ3n) is 2.30. The molecule has 0 aromatic carbocycles. The maximum absolute atomic E-state index is 9.27. The number of aliphatic hydroxyl groups is 1. The summed E-state index contributed by atoms with van der Waals surface area (Å²) in [5, 5.41) is 12.5. The number of anilines is 2. The van der Waals surface area contributed by atoms with Gasteiger partial charge in [0, 0.05) is 11.6 Å². The van der Waals surface area contributed by atoms with Gasteiger partial charge in [-0.3, -0.25) is 0 Å². The summed E-state index contributed by atoms with van der Waals surface area (Å²) in [4.78, 5) is 8.12. The molecule has 1 rings (SSSR count). The summed E-state index contributed by atoms with van der Waals surface area (Å²) >= 11 is 0. The molecule has 2 unspecified atom stereocenters. The molecule has 0 fully saturated rings. The molecule has 0 saturated carbocycles. The van der Waals surface area contributed by atoms with E-state index >= 15 is 0 Å². The standard InChI is InChI=1S/C10H19N5O/c1-6(4-7(2)16)14-9-8(3)10(15-11)13-5-12-9/h5-7,16H,4,11H2,1-3H3,(H2,12,13,14,15). The fourth-order valence-electron chi connectivity index (χ4n) is 1.55. The molecule has 0 aliphatic rings. The molecule has 1 aromatic rings. The van der Waals surface area contributed by atoms with E-state index in [9.17, 15) is 5.11 Å². The molecule has 2 atom stereocenters. The topological polar surface area (TPSA) is 96.1 Å².